The molecule has 4 nitrogen and oxygen atoms in total. The van der Waals surface area contributed by atoms with Crippen molar-refractivity contribution in [3.05, 3.63) is 49.6 Å². The number of hydrogen-bond acceptors (Lipinski definition) is 3. The smallest absolute Gasteiger partial charge is 0.337 e. The average molecular weight is 366 g/mol. The summed E-state index contributed by atoms with van der Waals surface area (Å²) in [5.41, 5.74) is 1.63. The Labute approximate surface area is 133 Å². The number of carboxylic acids is 1. The van der Waals surface area contributed by atoms with Crippen molar-refractivity contribution in [1.29, 1.82) is 0 Å². The van der Waals surface area contributed by atoms with Gasteiger partial charge in [-0.25, -0.2) is 4.79 Å². The number of benzene rings is 1. The first-order chi connectivity index (χ1) is 10.0. The Bertz CT molecular complexity index is 717. The van der Waals surface area contributed by atoms with Gasteiger partial charge in [0, 0.05) is 9.35 Å². The van der Waals surface area contributed by atoms with Crippen LogP contribution in [0.25, 0.3) is 0 Å². The number of aryl methyl sites for hydroxylation is 2. The number of carbonyl (C=O) groups excluding carboxylic acids is 1. The number of rotatable bonds is 3. The largest absolute Gasteiger partial charge is 0.478 e. The highest BCUT2D eigenvalue weighted by molar-refractivity contribution is 9.10. The van der Waals surface area contributed by atoms with Crippen molar-refractivity contribution in [2.45, 2.75) is 19.3 Å². The van der Waals surface area contributed by atoms with Crippen molar-refractivity contribution in [2.24, 2.45) is 0 Å². The summed E-state index contributed by atoms with van der Waals surface area (Å²) >= 11 is 4.78. The van der Waals surface area contributed by atoms with Crippen molar-refractivity contribution in [2.75, 3.05) is 5.32 Å². The Kier molecular flexibility index (Phi) is 3.82. The highest BCUT2D eigenvalue weighted by Crippen LogP contribution is 2.31. The van der Waals surface area contributed by atoms with Crippen LogP contribution < -0.4 is 5.32 Å². The molecule has 0 saturated carbocycles. The lowest BCUT2D eigenvalue weighted by Crippen LogP contribution is -2.13. The Morgan fingerprint density at radius 3 is 2.76 bits per heavy atom. The van der Waals surface area contributed by atoms with Crippen LogP contribution >= 0.6 is 27.3 Å². The molecule has 0 atom stereocenters. The molecule has 108 valence electrons. The van der Waals surface area contributed by atoms with Crippen molar-refractivity contribution in [3.63, 3.8) is 0 Å². The quantitative estimate of drug-likeness (QED) is 0.865. The number of thiophene rings is 1. The summed E-state index contributed by atoms with van der Waals surface area (Å²) < 4.78 is 0.719. The molecule has 0 fully saturated rings. The fraction of sp³-hybridized carbons (Fsp3) is 0.200. The second-order valence-corrected chi connectivity index (χ2v) is 6.91. The van der Waals surface area contributed by atoms with Gasteiger partial charge in [-0.1, -0.05) is 15.9 Å². The maximum absolute atomic E-state index is 12.3. The minimum atomic E-state index is -1.06. The van der Waals surface area contributed by atoms with Gasteiger partial charge in [0.05, 0.1) is 16.1 Å². The molecule has 0 aliphatic heterocycles. The SMILES string of the molecule is O=C(Nc1cc(Br)ccc1C(=O)O)c1cc2c(s1)CCC2. The highest BCUT2D eigenvalue weighted by atomic mass is 79.9. The first-order valence-electron chi connectivity index (χ1n) is 6.50. The zero-order chi connectivity index (χ0) is 15.0. The summed E-state index contributed by atoms with van der Waals surface area (Å²) in [6.45, 7) is 0. The molecule has 21 heavy (non-hydrogen) atoms. The van der Waals surface area contributed by atoms with Crippen molar-refractivity contribution in [3.8, 4) is 0 Å². The fourth-order valence-corrected chi connectivity index (χ4v) is 3.94. The zero-order valence-corrected chi connectivity index (χ0v) is 13.4. The Morgan fingerprint density at radius 2 is 2.05 bits per heavy atom. The molecule has 1 aromatic carbocycles. The standard InChI is InChI=1S/C15H12BrNO3S/c16-9-4-5-10(15(19)20)11(7-9)17-14(18)13-6-8-2-1-3-12(8)21-13/h4-7H,1-3H2,(H,17,18)(H,19,20). The lowest BCUT2D eigenvalue weighted by atomic mass is 10.1. The Hall–Kier alpha value is -1.66. The maximum Gasteiger partial charge on any atom is 0.337 e. The van der Waals surface area contributed by atoms with Gasteiger partial charge in [-0.05, 0) is 49.1 Å². The second-order valence-electron chi connectivity index (χ2n) is 4.86. The molecule has 1 aliphatic rings. The number of nitrogens with one attached hydrogen (secondary N) is 1. The molecule has 1 amide bonds. The van der Waals surface area contributed by atoms with Crippen LogP contribution in [0, 0.1) is 0 Å². The number of amides is 1. The lowest BCUT2D eigenvalue weighted by Gasteiger charge is -2.08. The minimum Gasteiger partial charge on any atom is -0.478 e. The zero-order valence-electron chi connectivity index (χ0n) is 11.0. The first kappa shape index (κ1) is 14.3. The predicted molar refractivity (Wildman–Crippen MR) is 85.4 cm³/mol. The molecule has 1 heterocycles. The van der Waals surface area contributed by atoms with Gasteiger partial charge in [-0.2, -0.15) is 0 Å². The lowest BCUT2D eigenvalue weighted by molar-refractivity contribution is 0.0698. The van der Waals surface area contributed by atoms with E-state index in [9.17, 15) is 14.7 Å². The summed E-state index contributed by atoms with van der Waals surface area (Å²) in [7, 11) is 0. The maximum atomic E-state index is 12.3. The van der Waals surface area contributed by atoms with Crippen LogP contribution in [-0.2, 0) is 12.8 Å². The van der Waals surface area contributed by atoms with E-state index in [1.807, 2.05) is 6.07 Å². The van der Waals surface area contributed by atoms with Crippen molar-refractivity contribution >= 4 is 44.8 Å². The minimum absolute atomic E-state index is 0.0793. The van der Waals surface area contributed by atoms with Crippen molar-refractivity contribution in [1.82, 2.24) is 0 Å². The van der Waals surface area contributed by atoms with Crippen LogP contribution in [0.1, 0.15) is 36.9 Å². The molecule has 0 unspecified atom stereocenters. The van der Waals surface area contributed by atoms with E-state index < -0.39 is 5.97 Å². The normalized spacial score (nSPS) is 13.0. The first-order valence-corrected chi connectivity index (χ1v) is 8.11. The van der Waals surface area contributed by atoms with Gasteiger partial charge in [-0.15, -0.1) is 11.3 Å². The average Bonchev–Trinajstić information content (AvgIpc) is 2.98. The van der Waals surface area contributed by atoms with Gasteiger partial charge in [0.1, 0.15) is 0 Å². The van der Waals surface area contributed by atoms with E-state index in [0.717, 1.165) is 23.7 Å². The van der Waals surface area contributed by atoms with Crippen LogP contribution in [0.15, 0.2) is 28.7 Å². The molecule has 2 N–H and O–H groups in total. The summed E-state index contributed by atoms with van der Waals surface area (Å²) in [6, 6.07) is 6.62. The number of carbonyl (C=O) groups is 2. The number of hydrogen-bond donors (Lipinski definition) is 2. The molecule has 1 aromatic heterocycles. The van der Waals surface area contributed by atoms with Crippen LogP contribution in [-0.4, -0.2) is 17.0 Å². The van der Waals surface area contributed by atoms with E-state index >= 15 is 0 Å². The third kappa shape index (κ3) is 2.87. The number of anilines is 1. The Morgan fingerprint density at radius 1 is 1.24 bits per heavy atom. The van der Waals surface area contributed by atoms with Gasteiger partial charge in [0.15, 0.2) is 0 Å². The summed E-state index contributed by atoms with van der Waals surface area (Å²) in [5, 5.41) is 11.9. The Balaban J connectivity index is 1.87. The van der Waals surface area contributed by atoms with Gasteiger partial charge < -0.3 is 10.4 Å². The van der Waals surface area contributed by atoms with E-state index in [0.29, 0.717) is 10.6 Å². The predicted octanol–water partition coefficient (Wildman–Crippen LogP) is 3.95. The number of carboxylic acid groups (broad SMARTS) is 1. The summed E-state index contributed by atoms with van der Waals surface area (Å²) in [6.07, 6.45) is 3.21. The second kappa shape index (κ2) is 5.61. The molecule has 0 bridgehead atoms. The van der Waals surface area contributed by atoms with Gasteiger partial charge in [-0.3, -0.25) is 4.79 Å². The molecule has 1 aliphatic carbocycles. The van der Waals surface area contributed by atoms with E-state index in [1.165, 1.54) is 27.8 Å². The van der Waals surface area contributed by atoms with Crippen LogP contribution in [0.4, 0.5) is 5.69 Å². The third-order valence-electron chi connectivity index (χ3n) is 3.43. The van der Waals surface area contributed by atoms with Crippen LogP contribution in [0.5, 0.6) is 0 Å². The van der Waals surface area contributed by atoms with Gasteiger partial charge in [0.25, 0.3) is 5.91 Å². The monoisotopic (exact) mass is 365 g/mol. The topological polar surface area (TPSA) is 66.4 Å². The number of fused-ring (bicyclic) bond motifs is 1. The summed E-state index contributed by atoms with van der Waals surface area (Å²) in [5.74, 6) is -1.32. The molecular formula is C15H12BrNO3S. The summed E-state index contributed by atoms with van der Waals surface area (Å²) in [4.78, 5) is 25.4. The third-order valence-corrected chi connectivity index (χ3v) is 5.16. The van der Waals surface area contributed by atoms with E-state index in [-0.39, 0.29) is 11.5 Å². The highest BCUT2D eigenvalue weighted by Gasteiger charge is 2.20. The van der Waals surface area contributed by atoms with Crippen molar-refractivity contribution < 1.29 is 14.7 Å². The molecular weight excluding hydrogens is 354 g/mol. The number of aromatic carboxylic acids is 1. The molecule has 3 rings (SSSR count). The van der Waals surface area contributed by atoms with E-state index in [1.54, 1.807) is 12.1 Å². The fourth-order valence-electron chi connectivity index (χ4n) is 2.43. The molecule has 6 heteroatoms. The number of halogens is 1. The molecule has 0 saturated heterocycles. The van der Waals surface area contributed by atoms with E-state index in [4.69, 9.17) is 0 Å². The molecule has 0 radical (unpaired) electrons. The van der Waals surface area contributed by atoms with Crippen LogP contribution in [0.2, 0.25) is 0 Å². The van der Waals surface area contributed by atoms with E-state index in [2.05, 4.69) is 21.2 Å². The molecule has 0 spiro atoms. The van der Waals surface area contributed by atoms with Crippen LogP contribution in [0.3, 0.4) is 0 Å². The van der Waals surface area contributed by atoms with Gasteiger partial charge in [0.2, 0.25) is 0 Å². The van der Waals surface area contributed by atoms with Gasteiger partial charge >= 0.3 is 5.97 Å². The molecule has 2 aromatic rings.